The van der Waals surface area contributed by atoms with Crippen LogP contribution in [0.1, 0.15) is 63.0 Å². The number of hydrogen-bond acceptors (Lipinski definition) is 12. The van der Waals surface area contributed by atoms with Gasteiger partial charge in [0.25, 0.3) is 0 Å². The number of hydrogen-bond donors (Lipinski definition) is 5. The summed E-state index contributed by atoms with van der Waals surface area (Å²) in [6.07, 6.45) is 0.404. The van der Waals surface area contributed by atoms with Crippen LogP contribution in [0.3, 0.4) is 0 Å². The lowest BCUT2D eigenvalue weighted by atomic mass is 9.96. The van der Waals surface area contributed by atoms with Crippen molar-refractivity contribution in [1.29, 1.82) is 0 Å². The number of amides is 4. The molecule has 4 aliphatic heterocycles. The molecule has 0 aliphatic carbocycles. The number of benzene rings is 3. The summed E-state index contributed by atoms with van der Waals surface area (Å²) >= 11 is 2.85. The van der Waals surface area contributed by atoms with Gasteiger partial charge in [0.2, 0.25) is 23.6 Å². The Hall–Kier alpha value is -5.59. The number of nitrogens with one attached hydrogen (secondary N) is 2. The summed E-state index contributed by atoms with van der Waals surface area (Å²) in [6, 6.07) is 22.3. The fourth-order valence-electron chi connectivity index (χ4n) is 7.81. The second kappa shape index (κ2) is 20.7. The number of carbonyl (C=O) groups is 7. The van der Waals surface area contributed by atoms with Gasteiger partial charge in [-0.2, -0.15) is 0 Å². The SMILES string of the molecule is CC1(C)S[C@@H]2[C@H](NC(=O)Cc3ccccc3)C(=O)N2[C@H]1C(=O)O.CC1(C)S[C@@H]2[C@H](NC(=O)Cc3ccccc3)C(=O)N2[C@H]1C(=O)O.CCN(CC)CCOC(=O)c1ccc(N)cc1. The molecule has 18 heteroatoms. The predicted octanol–water partition coefficient (Wildman–Crippen LogP) is 3.49. The van der Waals surface area contributed by atoms with Crippen molar-refractivity contribution in [3.05, 3.63) is 102 Å². The molecule has 4 saturated heterocycles. The minimum atomic E-state index is -1.01. The highest BCUT2D eigenvalue weighted by atomic mass is 32.2. The van der Waals surface area contributed by atoms with Crippen molar-refractivity contribution >= 4 is 70.7 Å². The van der Waals surface area contributed by atoms with E-state index in [1.807, 2.05) is 88.4 Å². The standard InChI is InChI=1S/2C16H18N2O4S.C13H20N2O2/c2*1-16(2)12(15(21)22)18-13(20)11(14(18)23-16)17-10(19)8-9-6-4-3-5-7-9;1-3-15(4-2)9-10-17-13(16)11-5-7-12(14)8-6-11/h2*3-7,11-12,14H,8H2,1-2H3,(H,17,19)(H,21,22);5-8H,3-4,9-10,14H2,1-2H3/t2*11-,12+,14-;/m11./s1. The van der Waals surface area contributed by atoms with Gasteiger partial charge in [0.05, 0.1) is 18.4 Å². The Bertz CT molecular complexity index is 2020. The summed E-state index contributed by atoms with van der Waals surface area (Å²) in [4.78, 5) is 88.2. The van der Waals surface area contributed by atoms with Crippen LogP contribution in [0.4, 0.5) is 5.69 Å². The van der Waals surface area contributed by atoms with Crippen LogP contribution in [-0.4, -0.2) is 137 Å². The van der Waals surface area contributed by atoms with Gasteiger partial charge in [0.1, 0.15) is 41.5 Å². The van der Waals surface area contributed by atoms with Gasteiger partial charge in [-0.15, -0.1) is 23.5 Å². The number of nitrogens with zero attached hydrogens (tertiary/aromatic N) is 3. The first-order valence-corrected chi connectivity index (χ1v) is 22.4. The molecule has 7 rings (SSSR count). The molecule has 0 aromatic heterocycles. The number of carboxylic acids is 2. The number of anilines is 1. The molecular weight excluding hydrogens is 849 g/mol. The van der Waals surface area contributed by atoms with Crippen molar-refractivity contribution in [2.75, 3.05) is 32.0 Å². The van der Waals surface area contributed by atoms with Crippen molar-refractivity contribution in [2.24, 2.45) is 0 Å². The fourth-order valence-corrected chi connectivity index (χ4v) is 11.1. The maximum atomic E-state index is 12.3. The highest BCUT2D eigenvalue weighted by Gasteiger charge is 2.65. The van der Waals surface area contributed by atoms with E-state index in [4.69, 9.17) is 10.5 Å². The lowest BCUT2D eigenvalue weighted by Gasteiger charge is -2.43. The Kier molecular flexibility index (Phi) is 15.9. The lowest BCUT2D eigenvalue weighted by molar-refractivity contribution is -0.161. The second-order valence-electron chi connectivity index (χ2n) is 16.4. The largest absolute Gasteiger partial charge is 0.480 e. The van der Waals surface area contributed by atoms with Gasteiger partial charge in [-0.3, -0.25) is 19.2 Å². The smallest absolute Gasteiger partial charge is 0.338 e. The number of likely N-dealkylation sites (N-methyl/N-ethyl adjacent to an activating group) is 1. The Balaban J connectivity index is 0.000000181. The van der Waals surface area contributed by atoms with E-state index in [2.05, 4.69) is 29.4 Å². The minimum absolute atomic E-state index is 0.202. The van der Waals surface area contributed by atoms with Gasteiger partial charge in [-0.25, -0.2) is 14.4 Å². The normalized spacial score (nSPS) is 23.3. The van der Waals surface area contributed by atoms with Crippen LogP contribution in [0.5, 0.6) is 0 Å². The molecule has 63 heavy (non-hydrogen) atoms. The molecule has 0 bridgehead atoms. The van der Waals surface area contributed by atoms with Crippen molar-refractivity contribution in [3.63, 3.8) is 0 Å². The van der Waals surface area contributed by atoms with Crippen molar-refractivity contribution in [1.82, 2.24) is 25.3 Å². The van der Waals surface area contributed by atoms with Crippen molar-refractivity contribution in [3.8, 4) is 0 Å². The molecular formula is C45H56N6O10S2. The number of esters is 1. The van der Waals surface area contributed by atoms with Crippen LogP contribution in [0.2, 0.25) is 0 Å². The van der Waals surface area contributed by atoms with Crippen molar-refractivity contribution < 1.29 is 48.5 Å². The van der Waals surface area contributed by atoms with E-state index in [0.29, 0.717) is 17.9 Å². The molecule has 4 aliphatic rings. The molecule has 6 atom stereocenters. The van der Waals surface area contributed by atoms with Gasteiger partial charge in [0, 0.05) is 21.7 Å². The molecule has 16 nitrogen and oxygen atoms in total. The summed E-state index contributed by atoms with van der Waals surface area (Å²) in [7, 11) is 0. The van der Waals surface area contributed by atoms with Gasteiger partial charge in [0.15, 0.2) is 0 Å². The van der Waals surface area contributed by atoms with Crippen LogP contribution < -0.4 is 16.4 Å². The lowest BCUT2D eigenvalue weighted by Crippen LogP contribution is -2.70. The molecule has 4 amide bonds. The zero-order chi connectivity index (χ0) is 46.2. The van der Waals surface area contributed by atoms with Gasteiger partial charge < -0.3 is 46.0 Å². The molecule has 0 radical (unpaired) electrons. The summed E-state index contributed by atoms with van der Waals surface area (Å²) in [5.41, 5.74) is 8.47. The Morgan fingerprint density at radius 1 is 0.683 bits per heavy atom. The molecule has 0 unspecified atom stereocenters. The Morgan fingerprint density at radius 2 is 1.08 bits per heavy atom. The van der Waals surface area contributed by atoms with Crippen molar-refractivity contribution in [2.45, 2.75) is 98.8 Å². The number of ether oxygens (including phenoxy) is 1. The van der Waals surface area contributed by atoms with Crippen LogP contribution in [0, 0.1) is 0 Å². The number of β-lactam (4-membered cyclic amide) rings is 2. The molecule has 4 fully saturated rings. The van der Waals surface area contributed by atoms with Crippen LogP contribution >= 0.6 is 23.5 Å². The number of nitrogens with two attached hydrogens (primary N) is 1. The minimum Gasteiger partial charge on any atom is -0.480 e. The number of rotatable bonds is 14. The fraction of sp³-hybridized carbons (Fsp3) is 0.444. The van der Waals surface area contributed by atoms with E-state index in [1.165, 1.54) is 33.3 Å². The number of carboxylic acid groups (broad SMARTS) is 2. The summed E-state index contributed by atoms with van der Waals surface area (Å²) in [6.45, 7) is 14.5. The van der Waals surface area contributed by atoms with Gasteiger partial charge in [-0.1, -0.05) is 74.5 Å². The van der Waals surface area contributed by atoms with E-state index >= 15 is 0 Å². The highest BCUT2D eigenvalue weighted by molar-refractivity contribution is 8.02. The topological polar surface area (TPSA) is 229 Å². The third-order valence-corrected chi connectivity index (χ3v) is 14.2. The van der Waals surface area contributed by atoms with E-state index in [0.717, 1.165) is 30.8 Å². The summed E-state index contributed by atoms with van der Waals surface area (Å²) in [5.74, 6) is -3.40. The molecule has 0 spiro atoms. The summed E-state index contributed by atoms with van der Waals surface area (Å²) in [5, 5.41) is 23.6. The van der Waals surface area contributed by atoms with E-state index in [9.17, 15) is 43.8 Å². The Morgan fingerprint density at radius 3 is 1.44 bits per heavy atom. The first-order valence-electron chi connectivity index (χ1n) is 20.7. The average molecular weight is 905 g/mol. The average Bonchev–Trinajstić information content (AvgIpc) is 3.66. The third kappa shape index (κ3) is 11.5. The quantitative estimate of drug-likeness (QED) is 0.0887. The first-order chi connectivity index (χ1) is 29.8. The predicted molar refractivity (Wildman–Crippen MR) is 241 cm³/mol. The number of aliphatic carboxylic acids is 2. The molecule has 4 heterocycles. The maximum Gasteiger partial charge on any atom is 0.338 e. The molecule has 3 aromatic rings. The third-order valence-electron chi connectivity index (χ3n) is 11.1. The maximum absolute atomic E-state index is 12.3. The summed E-state index contributed by atoms with van der Waals surface area (Å²) < 4.78 is 4.02. The molecule has 3 aromatic carbocycles. The van der Waals surface area contributed by atoms with E-state index in [-0.39, 0.29) is 53.2 Å². The van der Waals surface area contributed by atoms with Crippen LogP contribution in [0.25, 0.3) is 0 Å². The van der Waals surface area contributed by atoms with Crippen LogP contribution in [0.15, 0.2) is 84.9 Å². The van der Waals surface area contributed by atoms with E-state index in [1.54, 1.807) is 24.3 Å². The second-order valence-corrected chi connectivity index (χ2v) is 19.9. The van der Waals surface area contributed by atoms with Gasteiger partial charge >= 0.3 is 17.9 Å². The van der Waals surface area contributed by atoms with E-state index < -0.39 is 45.6 Å². The van der Waals surface area contributed by atoms with Gasteiger partial charge in [-0.05, 0) is 76.2 Å². The number of nitrogen functional groups attached to an aromatic ring is 1. The molecule has 0 saturated carbocycles. The molecule has 338 valence electrons. The number of fused-ring (bicyclic) bond motifs is 2. The monoisotopic (exact) mass is 904 g/mol. The molecule has 6 N–H and O–H groups in total. The first kappa shape index (κ1) is 48.4. The van der Waals surface area contributed by atoms with Crippen LogP contribution in [-0.2, 0) is 46.3 Å². The highest BCUT2D eigenvalue weighted by Crippen LogP contribution is 2.51. The number of thioether (sulfide) groups is 2. The zero-order valence-corrected chi connectivity index (χ0v) is 37.8. The zero-order valence-electron chi connectivity index (χ0n) is 36.2. The number of carbonyl (C=O) groups excluding carboxylic acids is 5. The Labute approximate surface area is 375 Å².